The van der Waals surface area contributed by atoms with Gasteiger partial charge in [0.25, 0.3) is 0 Å². The summed E-state index contributed by atoms with van der Waals surface area (Å²) in [5, 5.41) is 2.96. The summed E-state index contributed by atoms with van der Waals surface area (Å²) in [6.07, 6.45) is 1.61. The van der Waals surface area contributed by atoms with Crippen LogP contribution in [0.2, 0.25) is 0 Å². The van der Waals surface area contributed by atoms with Gasteiger partial charge in [0.05, 0.1) is 0 Å². The van der Waals surface area contributed by atoms with Gasteiger partial charge in [-0.2, -0.15) is 0 Å². The van der Waals surface area contributed by atoms with E-state index in [1.807, 2.05) is 24.3 Å². The van der Waals surface area contributed by atoms with Crippen molar-refractivity contribution in [1.82, 2.24) is 5.32 Å². The quantitative estimate of drug-likeness (QED) is 0.816. The molecular formula is C14H18N2O2S. The molecule has 0 atom stereocenters. The molecule has 0 bridgehead atoms. The third-order valence-electron chi connectivity index (χ3n) is 3.27. The molecule has 5 heteroatoms. The van der Waals surface area contributed by atoms with E-state index in [0.717, 1.165) is 24.0 Å². The fourth-order valence-corrected chi connectivity index (χ4v) is 2.25. The molecular weight excluding hydrogens is 260 g/mol. The van der Waals surface area contributed by atoms with Crippen LogP contribution in [0.25, 0.3) is 0 Å². The first-order valence-electron chi connectivity index (χ1n) is 6.41. The summed E-state index contributed by atoms with van der Waals surface area (Å²) in [5.41, 5.74) is 7.42. The Kier molecular flexibility index (Phi) is 4.87. The summed E-state index contributed by atoms with van der Waals surface area (Å²) in [6.45, 7) is 1.86. The van der Waals surface area contributed by atoms with Gasteiger partial charge in [-0.15, -0.1) is 0 Å². The molecule has 1 aromatic carbocycles. The SMILES string of the molecule is NC(=S)c1cccc(CNC(=O)C2CCOCC2)c1. The van der Waals surface area contributed by atoms with Crippen molar-refractivity contribution in [3.8, 4) is 0 Å². The van der Waals surface area contributed by atoms with E-state index in [1.54, 1.807) is 0 Å². The Hall–Kier alpha value is -1.46. The number of thiocarbonyl (C=S) groups is 1. The van der Waals surface area contributed by atoms with Gasteiger partial charge in [0.1, 0.15) is 4.99 Å². The number of nitrogens with one attached hydrogen (secondary N) is 1. The number of hydrogen-bond donors (Lipinski definition) is 2. The van der Waals surface area contributed by atoms with Crippen molar-refractivity contribution >= 4 is 23.1 Å². The molecule has 1 fully saturated rings. The Bertz CT molecular complexity index is 470. The Morgan fingerprint density at radius 3 is 2.84 bits per heavy atom. The highest BCUT2D eigenvalue weighted by atomic mass is 32.1. The Morgan fingerprint density at radius 2 is 2.16 bits per heavy atom. The zero-order valence-electron chi connectivity index (χ0n) is 10.7. The van der Waals surface area contributed by atoms with E-state index in [9.17, 15) is 4.79 Å². The predicted octanol–water partition coefficient (Wildman–Crippen LogP) is 1.36. The molecule has 4 nitrogen and oxygen atoms in total. The molecule has 19 heavy (non-hydrogen) atoms. The second-order valence-corrected chi connectivity index (χ2v) is 5.11. The van der Waals surface area contributed by atoms with Gasteiger partial charge in [0.15, 0.2) is 0 Å². The number of nitrogens with two attached hydrogens (primary N) is 1. The number of rotatable bonds is 4. The van der Waals surface area contributed by atoms with Gasteiger partial charge < -0.3 is 15.8 Å². The lowest BCUT2D eigenvalue weighted by atomic mass is 9.99. The summed E-state index contributed by atoms with van der Waals surface area (Å²) in [5.74, 6) is 0.177. The van der Waals surface area contributed by atoms with Gasteiger partial charge >= 0.3 is 0 Å². The third kappa shape index (κ3) is 4.01. The molecule has 1 aliphatic rings. The lowest BCUT2D eigenvalue weighted by Crippen LogP contribution is -2.33. The van der Waals surface area contributed by atoms with Crippen molar-refractivity contribution in [2.45, 2.75) is 19.4 Å². The van der Waals surface area contributed by atoms with Gasteiger partial charge in [0.2, 0.25) is 5.91 Å². The molecule has 0 aliphatic carbocycles. The van der Waals surface area contributed by atoms with Crippen LogP contribution in [0.5, 0.6) is 0 Å². The summed E-state index contributed by atoms with van der Waals surface area (Å²) < 4.78 is 5.25. The average molecular weight is 278 g/mol. The van der Waals surface area contributed by atoms with Crippen molar-refractivity contribution in [3.63, 3.8) is 0 Å². The van der Waals surface area contributed by atoms with Crippen molar-refractivity contribution in [1.29, 1.82) is 0 Å². The van der Waals surface area contributed by atoms with Crippen LogP contribution >= 0.6 is 12.2 Å². The molecule has 1 aliphatic heterocycles. The maximum Gasteiger partial charge on any atom is 0.223 e. The first kappa shape index (κ1) is 14.0. The predicted molar refractivity (Wildman–Crippen MR) is 77.7 cm³/mol. The molecule has 0 aromatic heterocycles. The highest BCUT2D eigenvalue weighted by Gasteiger charge is 2.20. The molecule has 1 saturated heterocycles. The molecule has 0 unspecified atom stereocenters. The van der Waals surface area contributed by atoms with Gasteiger partial charge in [-0.05, 0) is 24.5 Å². The minimum absolute atomic E-state index is 0.0764. The van der Waals surface area contributed by atoms with Crippen molar-refractivity contribution in [3.05, 3.63) is 35.4 Å². The summed E-state index contributed by atoms with van der Waals surface area (Å²) in [4.78, 5) is 12.3. The largest absolute Gasteiger partial charge is 0.389 e. The first-order valence-corrected chi connectivity index (χ1v) is 6.82. The van der Waals surface area contributed by atoms with Crippen LogP contribution in [0, 0.1) is 5.92 Å². The average Bonchev–Trinajstić information content (AvgIpc) is 2.46. The smallest absolute Gasteiger partial charge is 0.223 e. The van der Waals surface area contributed by atoms with Crippen LogP contribution < -0.4 is 11.1 Å². The highest BCUT2D eigenvalue weighted by molar-refractivity contribution is 7.80. The molecule has 3 N–H and O–H groups in total. The Morgan fingerprint density at radius 1 is 1.42 bits per heavy atom. The molecule has 1 amide bonds. The number of hydrogen-bond acceptors (Lipinski definition) is 3. The lowest BCUT2D eigenvalue weighted by molar-refractivity contribution is -0.128. The molecule has 1 heterocycles. The topological polar surface area (TPSA) is 64.3 Å². The van der Waals surface area contributed by atoms with Crippen LogP contribution in [0.3, 0.4) is 0 Å². The van der Waals surface area contributed by atoms with Crippen molar-refractivity contribution in [2.24, 2.45) is 11.7 Å². The van der Waals surface area contributed by atoms with Gasteiger partial charge in [-0.25, -0.2) is 0 Å². The number of carbonyl (C=O) groups excluding carboxylic acids is 1. The number of amides is 1. The number of carbonyl (C=O) groups is 1. The Balaban J connectivity index is 1.89. The van der Waals surface area contributed by atoms with E-state index >= 15 is 0 Å². The van der Waals surface area contributed by atoms with E-state index in [1.165, 1.54) is 0 Å². The highest BCUT2D eigenvalue weighted by Crippen LogP contribution is 2.15. The summed E-state index contributed by atoms with van der Waals surface area (Å²) in [7, 11) is 0. The molecule has 0 spiro atoms. The molecule has 1 aromatic rings. The first-order chi connectivity index (χ1) is 9.16. The molecule has 2 rings (SSSR count). The summed E-state index contributed by atoms with van der Waals surface area (Å²) in [6, 6.07) is 7.62. The van der Waals surface area contributed by atoms with Crippen molar-refractivity contribution < 1.29 is 9.53 Å². The minimum atomic E-state index is 0.0764. The van der Waals surface area contributed by atoms with Crippen LogP contribution in [0.4, 0.5) is 0 Å². The normalized spacial score (nSPS) is 16.0. The Labute approximate surface area is 118 Å². The zero-order valence-corrected chi connectivity index (χ0v) is 11.5. The third-order valence-corrected chi connectivity index (χ3v) is 3.51. The molecule has 102 valence electrons. The lowest BCUT2D eigenvalue weighted by Gasteiger charge is -2.21. The fourth-order valence-electron chi connectivity index (χ4n) is 2.13. The van der Waals surface area contributed by atoms with E-state index in [2.05, 4.69) is 5.32 Å². The van der Waals surface area contributed by atoms with Crippen LogP contribution in [-0.2, 0) is 16.1 Å². The monoisotopic (exact) mass is 278 g/mol. The van der Waals surface area contributed by atoms with Crippen molar-refractivity contribution in [2.75, 3.05) is 13.2 Å². The zero-order chi connectivity index (χ0) is 13.7. The number of ether oxygens (including phenoxy) is 1. The number of benzene rings is 1. The maximum absolute atomic E-state index is 12.0. The fraction of sp³-hybridized carbons (Fsp3) is 0.429. The van der Waals surface area contributed by atoms with E-state index < -0.39 is 0 Å². The summed E-state index contributed by atoms with van der Waals surface area (Å²) >= 11 is 4.94. The molecule has 0 radical (unpaired) electrons. The van der Waals surface area contributed by atoms with Gasteiger partial charge in [-0.3, -0.25) is 4.79 Å². The van der Waals surface area contributed by atoms with Crippen LogP contribution in [0.15, 0.2) is 24.3 Å². The minimum Gasteiger partial charge on any atom is -0.389 e. The standard InChI is InChI=1S/C14H18N2O2S/c15-13(19)12-3-1-2-10(8-12)9-16-14(17)11-4-6-18-7-5-11/h1-3,8,11H,4-7,9H2,(H2,15,19)(H,16,17). The van der Waals surface area contributed by atoms with E-state index in [0.29, 0.717) is 24.7 Å². The molecule has 0 saturated carbocycles. The van der Waals surface area contributed by atoms with Crippen LogP contribution in [-0.4, -0.2) is 24.1 Å². The van der Waals surface area contributed by atoms with E-state index in [4.69, 9.17) is 22.7 Å². The second kappa shape index (κ2) is 6.63. The van der Waals surface area contributed by atoms with Gasteiger partial charge in [-0.1, -0.05) is 30.4 Å². The van der Waals surface area contributed by atoms with E-state index in [-0.39, 0.29) is 11.8 Å². The maximum atomic E-state index is 12.0. The van der Waals surface area contributed by atoms with Gasteiger partial charge in [0, 0.05) is 31.2 Å². The second-order valence-electron chi connectivity index (χ2n) is 4.67. The van der Waals surface area contributed by atoms with Crippen LogP contribution in [0.1, 0.15) is 24.0 Å².